The van der Waals surface area contributed by atoms with E-state index in [1.807, 2.05) is 6.07 Å². The van der Waals surface area contributed by atoms with Gasteiger partial charge in [-0.1, -0.05) is 17.7 Å². The molecule has 1 aliphatic rings. The zero-order valence-electron chi connectivity index (χ0n) is 10.6. The highest BCUT2D eigenvalue weighted by Crippen LogP contribution is 2.26. The third-order valence-corrected chi connectivity index (χ3v) is 4.83. The molecule has 2 aromatic rings. The second kappa shape index (κ2) is 5.00. The minimum atomic E-state index is -3.58. The maximum absolute atomic E-state index is 12.3. The number of rotatable bonds is 3. The normalized spacial score (nSPS) is 13.7. The van der Waals surface area contributed by atoms with E-state index in [1.165, 1.54) is 0 Å². The lowest BCUT2D eigenvalue weighted by molar-refractivity contribution is 0.601. The molecular formula is C14H13ClN2O2S. The van der Waals surface area contributed by atoms with Gasteiger partial charge in [-0.25, -0.2) is 8.42 Å². The fourth-order valence-corrected chi connectivity index (χ4v) is 3.38. The lowest BCUT2D eigenvalue weighted by atomic mass is 10.2. The van der Waals surface area contributed by atoms with Gasteiger partial charge in [-0.05, 0) is 48.4 Å². The summed E-state index contributed by atoms with van der Waals surface area (Å²) in [4.78, 5) is 0.251. The maximum atomic E-state index is 12.3. The van der Waals surface area contributed by atoms with Crippen LogP contribution in [0.15, 0.2) is 47.4 Å². The van der Waals surface area contributed by atoms with E-state index >= 15 is 0 Å². The molecule has 0 atom stereocenters. The minimum Gasteiger partial charge on any atom is -0.384 e. The smallest absolute Gasteiger partial charge is 0.261 e. The molecule has 0 saturated carbocycles. The highest BCUT2D eigenvalue weighted by Gasteiger charge is 2.18. The number of nitrogens with one attached hydrogen (secondary N) is 2. The first-order valence-electron chi connectivity index (χ1n) is 6.20. The second-order valence-corrected chi connectivity index (χ2v) is 6.73. The van der Waals surface area contributed by atoms with Crippen LogP contribution in [0.5, 0.6) is 0 Å². The molecule has 0 radical (unpaired) electrons. The molecule has 0 fully saturated rings. The number of anilines is 2. The number of hydrogen-bond donors (Lipinski definition) is 2. The van der Waals surface area contributed by atoms with E-state index in [0.29, 0.717) is 10.7 Å². The van der Waals surface area contributed by atoms with Crippen molar-refractivity contribution in [3.05, 3.63) is 53.1 Å². The summed E-state index contributed by atoms with van der Waals surface area (Å²) in [5.74, 6) is 0. The first-order valence-corrected chi connectivity index (χ1v) is 8.06. The van der Waals surface area contributed by atoms with Gasteiger partial charge in [0.25, 0.3) is 10.0 Å². The van der Waals surface area contributed by atoms with Crippen molar-refractivity contribution in [3.63, 3.8) is 0 Å². The van der Waals surface area contributed by atoms with Crippen molar-refractivity contribution < 1.29 is 8.42 Å². The quantitative estimate of drug-likeness (QED) is 0.916. The fourth-order valence-electron chi connectivity index (χ4n) is 2.17. The average molecular weight is 309 g/mol. The van der Waals surface area contributed by atoms with Crippen molar-refractivity contribution >= 4 is 33.0 Å². The molecule has 20 heavy (non-hydrogen) atoms. The van der Waals surface area contributed by atoms with E-state index in [2.05, 4.69) is 10.0 Å². The SMILES string of the molecule is O=S(=O)(Nc1ccc(Cl)cc1)c1ccc2c(c1)NCC2. The Bertz CT molecular complexity index is 742. The zero-order chi connectivity index (χ0) is 14.2. The summed E-state index contributed by atoms with van der Waals surface area (Å²) in [5, 5.41) is 3.74. The predicted octanol–water partition coefficient (Wildman–Crippen LogP) is 3.11. The van der Waals surface area contributed by atoms with Gasteiger partial charge in [0.05, 0.1) is 4.90 Å². The monoisotopic (exact) mass is 308 g/mol. The Kier molecular flexibility index (Phi) is 3.31. The van der Waals surface area contributed by atoms with E-state index in [-0.39, 0.29) is 4.90 Å². The number of benzene rings is 2. The first kappa shape index (κ1) is 13.3. The van der Waals surface area contributed by atoms with Crippen molar-refractivity contribution in [2.45, 2.75) is 11.3 Å². The van der Waals surface area contributed by atoms with Crippen LogP contribution in [-0.4, -0.2) is 15.0 Å². The lowest BCUT2D eigenvalue weighted by Gasteiger charge is -2.09. The summed E-state index contributed by atoms with van der Waals surface area (Å²) in [5.41, 5.74) is 2.53. The summed E-state index contributed by atoms with van der Waals surface area (Å²) < 4.78 is 27.2. The average Bonchev–Trinajstić information content (AvgIpc) is 2.88. The molecule has 0 amide bonds. The molecule has 0 spiro atoms. The van der Waals surface area contributed by atoms with Crippen molar-refractivity contribution in [2.24, 2.45) is 0 Å². The van der Waals surface area contributed by atoms with E-state index in [4.69, 9.17) is 11.6 Å². The summed E-state index contributed by atoms with van der Waals surface area (Å²) in [6.07, 6.45) is 0.931. The molecule has 3 rings (SSSR count). The fraction of sp³-hybridized carbons (Fsp3) is 0.143. The standard InChI is InChI=1S/C14H13ClN2O2S/c15-11-2-4-12(5-3-11)17-20(18,19)13-6-1-10-7-8-16-14(10)9-13/h1-6,9,16-17H,7-8H2. The van der Waals surface area contributed by atoms with E-state index in [9.17, 15) is 8.42 Å². The van der Waals surface area contributed by atoms with E-state index in [0.717, 1.165) is 24.2 Å². The predicted molar refractivity (Wildman–Crippen MR) is 80.9 cm³/mol. The molecule has 0 bridgehead atoms. The molecule has 4 nitrogen and oxygen atoms in total. The Balaban J connectivity index is 1.90. The molecule has 6 heteroatoms. The van der Waals surface area contributed by atoms with Crippen LogP contribution in [0, 0.1) is 0 Å². The van der Waals surface area contributed by atoms with Crippen molar-refractivity contribution in [2.75, 3.05) is 16.6 Å². The topological polar surface area (TPSA) is 58.2 Å². The van der Waals surface area contributed by atoms with Crippen LogP contribution >= 0.6 is 11.6 Å². The summed E-state index contributed by atoms with van der Waals surface area (Å²) >= 11 is 5.78. The van der Waals surface area contributed by atoms with Crippen molar-refractivity contribution in [1.82, 2.24) is 0 Å². The van der Waals surface area contributed by atoms with E-state index in [1.54, 1.807) is 36.4 Å². The number of sulfonamides is 1. The largest absolute Gasteiger partial charge is 0.384 e. The van der Waals surface area contributed by atoms with E-state index < -0.39 is 10.0 Å². The van der Waals surface area contributed by atoms with Gasteiger partial charge >= 0.3 is 0 Å². The first-order chi connectivity index (χ1) is 9.54. The number of halogens is 1. The Labute approximate surface area is 122 Å². The molecule has 0 aromatic heterocycles. The van der Waals surface area contributed by atoms with Gasteiger partial charge in [0.15, 0.2) is 0 Å². The van der Waals surface area contributed by atoms with Crippen LogP contribution in [0.2, 0.25) is 5.02 Å². The van der Waals surface area contributed by atoms with Crippen molar-refractivity contribution in [1.29, 1.82) is 0 Å². The van der Waals surface area contributed by atoms with Gasteiger partial charge < -0.3 is 5.32 Å². The molecule has 0 aliphatic carbocycles. The van der Waals surface area contributed by atoms with Gasteiger partial charge in [0.2, 0.25) is 0 Å². The molecule has 1 aliphatic heterocycles. The van der Waals surface area contributed by atoms with Crippen LogP contribution in [0.3, 0.4) is 0 Å². The Morgan fingerprint density at radius 1 is 1.10 bits per heavy atom. The zero-order valence-corrected chi connectivity index (χ0v) is 12.1. The summed E-state index contributed by atoms with van der Waals surface area (Å²) in [6, 6.07) is 11.7. The molecule has 0 unspecified atom stereocenters. The van der Waals surface area contributed by atoms with Crippen LogP contribution in [-0.2, 0) is 16.4 Å². The highest BCUT2D eigenvalue weighted by atomic mass is 35.5. The molecule has 0 saturated heterocycles. The molecule has 2 aromatic carbocycles. The van der Waals surface area contributed by atoms with Crippen molar-refractivity contribution in [3.8, 4) is 0 Å². The Morgan fingerprint density at radius 3 is 2.60 bits per heavy atom. The molecular weight excluding hydrogens is 296 g/mol. The molecule has 1 heterocycles. The minimum absolute atomic E-state index is 0.251. The van der Waals surface area contributed by atoms with Gasteiger partial charge in [-0.15, -0.1) is 0 Å². The third-order valence-electron chi connectivity index (χ3n) is 3.20. The van der Waals surface area contributed by atoms with Crippen LogP contribution in [0.1, 0.15) is 5.56 Å². The van der Waals surface area contributed by atoms with Gasteiger partial charge in [0.1, 0.15) is 0 Å². The van der Waals surface area contributed by atoms with Crippen LogP contribution in [0.25, 0.3) is 0 Å². The number of fused-ring (bicyclic) bond motifs is 1. The van der Waals surface area contributed by atoms with Crippen LogP contribution in [0.4, 0.5) is 11.4 Å². The van der Waals surface area contributed by atoms with Crippen LogP contribution < -0.4 is 10.0 Å². The Hall–Kier alpha value is -1.72. The second-order valence-electron chi connectivity index (χ2n) is 4.61. The number of hydrogen-bond acceptors (Lipinski definition) is 3. The van der Waals surface area contributed by atoms with Gasteiger partial charge in [-0.3, -0.25) is 4.72 Å². The highest BCUT2D eigenvalue weighted by molar-refractivity contribution is 7.92. The lowest BCUT2D eigenvalue weighted by Crippen LogP contribution is -2.13. The van der Waals surface area contributed by atoms with Gasteiger partial charge in [0, 0.05) is 22.9 Å². The third kappa shape index (κ3) is 2.59. The molecule has 104 valence electrons. The van der Waals surface area contributed by atoms with Gasteiger partial charge in [-0.2, -0.15) is 0 Å². The maximum Gasteiger partial charge on any atom is 0.261 e. The summed E-state index contributed by atoms with van der Waals surface area (Å²) in [7, 11) is -3.58. The molecule has 2 N–H and O–H groups in total. The summed E-state index contributed by atoms with van der Waals surface area (Å²) in [6.45, 7) is 0.851. The Morgan fingerprint density at radius 2 is 1.85 bits per heavy atom.